The van der Waals surface area contributed by atoms with Gasteiger partial charge in [0.15, 0.2) is 0 Å². The van der Waals surface area contributed by atoms with E-state index in [-0.39, 0.29) is 22.2 Å². The number of anilines is 1. The monoisotopic (exact) mass is 395 g/mol. The van der Waals surface area contributed by atoms with Crippen LogP contribution in [0.1, 0.15) is 10.4 Å². The molecule has 0 fully saturated rings. The average Bonchev–Trinajstić information content (AvgIpc) is 2.97. The van der Waals surface area contributed by atoms with Crippen molar-refractivity contribution in [1.82, 2.24) is 9.19 Å². The molecule has 3 aromatic rings. The number of rotatable bonds is 4. The van der Waals surface area contributed by atoms with Gasteiger partial charge in [-0.25, -0.2) is 9.18 Å². The van der Waals surface area contributed by atoms with Gasteiger partial charge in [0.25, 0.3) is 10.0 Å². The lowest BCUT2D eigenvalue weighted by molar-refractivity contribution is 0.0727. The van der Waals surface area contributed by atoms with Crippen LogP contribution in [0.2, 0.25) is 5.02 Å². The van der Waals surface area contributed by atoms with Crippen molar-refractivity contribution in [3.63, 3.8) is 0 Å². The van der Waals surface area contributed by atoms with Crippen LogP contribution in [0.15, 0.2) is 59.5 Å². The first-order valence-corrected chi connectivity index (χ1v) is 8.93. The quantitative estimate of drug-likeness (QED) is 0.681. The van der Waals surface area contributed by atoms with Crippen LogP contribution in [0.3, 0.4) is 0 Å². The van der Waals surface area contributed by atoms with E-state index in [1.807, 2.05) is 0 Å². The molecule has 0 amide bonds. The Hall–Kier alpha value is -2.91. The SMILES string of the molecule is Nc1cc(OC(=O)c2ccc(Cl)cc2)nn1S(=O)(=O)c1ccc(F)cc1. The van der Waals surface area contributed by atoms with Crippen LogP contribution in [0.25, 0.3) is 0 Å². The van der Waals surface area contributed by atoms with Crippen molar-refractivity contribution in [2.45, 2.75) is 4.90 Å². The second-order valence-corrected chi connectivity index (χ2v) is 7.31. The van der Waals surface area contributed by atoms with E-state index in [0.717, 1.165) is 30.3 Å². The standard InChI is InChI=1S/C16H11ClFN3O4S/c17-11-3-1-10(2-4-11)16(22)25-15-9-14(19)21(20-15)26(23,24)13-7-5-12(18)6-8-13/h1-9H,19H2. The molecule has 1 heterocycles. The Morgan fingerprint density at radius 1 is 1.12 bits per heavy atom. The molecule has 0 radical (unpaired) electrons. The Bertz CT molecular complexity index is 1060. The molecule has 0 bridgehead atoms. The predicted molar refractivity (Wildman–Crippen MR) is 92.0 cm³/mol. The Balaban J connectivity index is 1.88. The van der Waals surface area contributed by atoms with Gasteiger partial charge in [-0.2, -0.15) is 8.42 Å². The number of halogens is 2. The van der Waals surface area contributed by atoms with Crippen LogP contribution < -0.4 is 10.5 Å². The molecule has 134 valence electrons. The van der Waals surface area contributed by atoms with Crippen molar-refractivity contribution >= 4 is 33.4 Å². The summed E-state index contributed by atoms with van der Waals surface area (Å²) in [6, 6.07) is 11.1. The number of carbonyl (C=O) groups is 1. The molecule has 0 saturated carbocycles. The fraction of sp³-hybridized carbons (Fsp3) is 0. The molecular weight excluding hydrogens is 385 g/mol. The first-order chi connectivity index (χ1) is 12.3. The van der Waals surface area contributed by atoms with Crippen LogP contribution in [-0.2, 0) is 10.0 Å². The highest BCUT2D eigenvalue weighted by Crippen LogP contribution is 2.22. The summed E-state index contributed by atoms with van der Waals surface area (Å²) >= 11 is 5.74. The molecule has 0 saturated heterocycles. The number of aromatic nitrogens is 2. The normalized spacial score (nSPS) is 11.3. The molecule has 10 heteroatoms. The lowest BCUT2D eigenvalue weighted by atomic mass is 10.2. The molecule has 0 aliphatic carbocycles. The number of benzene rings is 2. The van der Waals surface area contributed by atoms with Crippen LogP contribution in [0, 0.1) is 5.82 Å². The Morgan fingerprint density at radius 2 is 1.73 bits per heavy atom. The number of ether oxygens (including phenoxy) is 1. The van der Waals surface area contributed by atoms with Crippen LogP contribution in [0.4, 0.5) is 10.2 Å². The number of carbonyl (C=O) groups excluding carboxylic acids is 1. The van der Waals surface area contributed by atoms with Gasteiger partial charge in [-0.05, 0) is 48.5 Å². The summed E-state index contributed by atoms with van der Waals surface area (Å²) in [6.45, 7) is 0. The molecule has 2 aromatic carbocycles. The Labute approximate surface area is 152 Å². The number of esters is 1. The molecular formula is C16H11ClFN3O4S. The molecule has 26 heavy (non-hydrogen) atoms. The van der Waals surface area contributed by atoms with Gasteiger partial charge in [0.05, 0.1) is 10.5 Å². The first kappa shape index (κ1) is 17.9. The summed E-state index contributed by atoms with van der Waals surface area (Å²) in [6.07, 6.45) is 0. The van der Waals surface area contributed by atoms with Crippen LogP contribution in [0.5, 0.6) is 5.88 Å². The van der Waals surface area contributed by atoms with Crippen molar-refractivity contribution in [3.8, 4) is 5.88 Å². The van der Waals surface area contributed by atoms with Crippen molar-refractivity contribution in [2.75, 3.05) is 5.73 Å². The molecule has 0 atom stereocenters. The van der Waals surface area contributed by atoms with Gasteiger partial charge >= 0.3 is 5.97 Å². The van der Waals surface area contributed by atoms with Crippen molar-refractivity contribution in [3.05, 3.63) is 71.0 Å². The van der Waals surface area contributed by atoms with Gasteiger partial charge in [-0.1, -0.05) is 11.6 Å². The van der Waals surface area contributed by atoms with E-state index in [0.29, 0.717) is 9.11 Å². The summed E-state index contributed by atoms with van der Waals surface area (Å²) in [5, 5.41) is 4.15. The van der Waals surface area contributed by atoms with Crippen molar-refractivity contribution in [2.24, 2.45) is 0 Å². The summed E-state index contributed by atoms with van der Waals surface area (Å²) in [7, 11) is -4.17. The predicted octanol–water partition coefficient (Wildman–Crippen LogP) is 2.71. The number of hydrogen-bond donors (Lipinski definition) is 1. The molecule has 7 nitrogen and oxygen atoms in total. The zero-order valence-corrected chi connectivity index (χ0v) is 14.5. The van der Waals surface area contributed by atoms with E-state index >= 15 is 0 Å². The minimum atomic E-state index is -4.17. The third-order valence-corrected chi connectivity index (χ3v) is 5.17. The largest absolute Gasteiger partial charge is 0.402 e. The number of nitrogens with two attached hydrogens (primary N) is 1. The van der Waals surface area contributed by atoms with Gasteiger partial charge in [0.2, 0.25) is 5.88 Å². The summed E-state index contributed by atoms with van der Waals surface area (Å²) in [5.41, 5.74) is 5.87. The van der Waals surface area contributed by atoms with Crippen molar-refractivity contribution < 1.29 is 22.3 Å². The Kier molecular flexibility index (Phi) is 4.66. The van der Waals surface area contributed by atoms with Crippen LogP contribution >= 0.6 is 11.6 Å². The zero-order valence-electron chi connectivity index (χ0n) is 13.0. The highest BCUT2D eigenvalue weighted by atomic mass is 35.5. The topological polar surface area (TPSA) is 104 Å². The summed E-state index contributed by atoms with van der Waals surface area (Å²) in [4.78, 5) is 11.8. The summed E-state index contributed by atoms with van der Waals surface area (Å²) in [5.74, 6) is -1.91. The second-order valence-electron chi connectivity index (χ2n) is 5.11. The zero-order chi connectivity index (χ0) is 18.9. The number of nitrogens with zero attached hydrogens (tertiary/aromatic N) is 2. The molecule has 3 rings (SSSR count). The van der Waals surface area contributed by atoms with E-state index in [4.69, 9.17) is 22.1 Å². The average molecular weight is 396 g/mol. The van der Waals surface area contributed by atoms with E-state index in [9.17, 15) is 17.6 Å². The highest BCUT2D eigenvalue weighted by Gasteiger charge is 2.23. The molecule has 2 N–H and O–H groups in total. The van der Waals surface area contributed by atoms with E-state index in [1.165, 1.54) is 24.3 Å². The maximum absolute atomic E-state index is 13.0. The fourth-order valence-electron chi connectivity index (χ4n) is 2.05. The maximum atomic E-state index is 13.0. The minimum absolute atomic E-state index is 0.198. The lowest BCUT2D eigenvalue weighted by Crippen LogP contribution is -2.17. The first-order valence-electron chi connectivity index (χ1n) is 7.12. The minimum Gasteiger partial charge on any atom is -0.402 e. The molecule has 0 aliphatic heterocycles. The van der Waals surface area contributed by atoms with Gasteiger partial charge in [-0.15, -0.1) is 9.19 Å². The van der Waals surface area contributed by atoms with Crippen LogP contribution in [-0.4, -0.2) is 23.6 Å². The Morgan fingerprint density at radius 3 is 2.35 bits per heavy atom. The van der Waals surface area contributed by atoms with Gasteiger partial charge < -0.3 is 10.5 Å². The lowest BCUT2D eigenvalue weighted by Gasteiger charge is -2.05. The summed E-state index contributed by atoms with van der Waals surface area (Å²) < 4.78 is 43.6. The third kappa shape index (κ3) is 3.53. The maximum Gasteiger partial charge on any atom is 0.344 e. The number of hydrogen-bond acceptors (Lipinski definition) is 6. The fourth-order valence-corrected chi connectivity index (χ4v) is 3.37. The van der Waals surface area contributed by atoms with E-state index in [2.05, 4.69) is 5.10 Å². The van der Waals surface area contributed by atoms with Gasteiger partial charge in [-0.3, -0.25) is 0 Å². The third-order valence-electron chi connectivity index (χ3n) is 3.30. The van der Waals surface area contributed by atoms with E-state index < -0.39 is 21.8 Å². The number of nitrogen functional groups attached to an aromatic ring is 1. The molecule has 0 aliphatic rings. The van der Waals surface area contributed by atoms with Gasteiger partial charge in [0.1, 0.15) is 11.6 Å². The molecule has 1 aromatic heterocycles. The molecule has 0 unspecified atom stereocenters. The highest BCUT2D eigenvalue weighted by molar-refractivity contribution is 7.90. The van der Waals surface area contributed by atoms with Gasteiger partial charge in [0, 0.05) is 11.1 Å². The second kappa shape index (κ2) is 6.77. The van der Waals surface area contributed by atoms with E-state index in [1.54, 1.807) is 0 Å². The van der Waals surface area contributed by atoms with Crippen molar-refractivity contribution in [1.29, 1.82) is 0 Å². The smallest absolute Gasteiger partial charge is 0.344 e. The molecule has 0 spiro atoms.